The number of nitrogens with one attached hydrogen (secondary N) is 1. The van der Waals surface area contributed by atoms with Crippen LogP contribution in [0.3, 0.4) is 0 Å². The zero-order valence-electron chi connectivity index (χ0n) is 12.5. The number of ether oxygens (including phenoxy) is 1. The highest BCUT2D eigenvalue weighted by atomic mass is 79.9. The Morgan fingerprint density at radius 3 is 2.90 bits per heavy atom. The minimum Gasteiger partial charge on any atom is -0.496 e. The van der Waals surface area contributed by atoms with E-state index in [-0.39, 0.29) is 0 Å². The minimum atomic E-state index is 0.445. The second-order valence-corrected chi connectivity index (χ2v) is 5.71. The Hall–Kier alpha value is -1.40. The zero-order chi connectivity index (χ0) is 15.2. The molecule has 21 heavy (non-hydrogen) atoms. The number of nitrogens with zero attached hydrogens (tertiary/aromatic N) is 2. The number of aryl methyl sites for hydroxylation is 1. The Morgan fingerprint density at radius 2 is 2.24 bits per heavy atom. The van der Waals surface area contributed by atoms with Gasteiger partial charge in [-0.15, -0.1) is 0 Å². The number of aromatic nitrogens is 2. The van der Waals surface area contributed by atoms with Crippen molar-refractivity contribution < 1.29 is 9.26 Å². The highest BCUT2D eigenvalue weighted by Crippen LogP contribution is 2.29. The average molecular weight is 354 g/mol. The van der Waals surface area contributed by atoms with Crippen molar-refractivity contribution in [1.82, 2.24) is 15.5 Å². The van der Waals surface area contributed by atoms with Gasteiger partial charge in [-0.25, -0.2) is 0 Å². The fraction of sp³-hybridized carbons (Fsp3) is 0.467. The van der Waals surface area contributed by atoms with E-state index in [4.69, 9.17) is 9.26 Å². The molecule has 2 aromatic rings. The summed E-state index contributed by atoms with van der Waals surface area (Å²) in [6.45, 7) is 5.22. The van der Waals surface area contributed by atoms with Gasteiger partial charge in [-0.2, -0.15) is 4.98 Å². The van der Waals surface area contributed by atoms with E-state index in [2.05, 4.69) is 45.2 Å². The zero-order valence-corrected chi connectivity index (χ0v) is 14.1. The summed E-state index contributed by atoms with van der Waals surface area (Å²) < 4.78 is 11.4. The van der Waals surface area contributed by atoms with Gasteiger partial charge in [-0.1, -0.05) is 12.1 Å². The molecule has 1 atom stereocenters. The van der Waals surface area contributed by atoms with Crippen molar-refractivity contribution in [2.24, 2.45) is 0 Å². The molecule has 0 fully saturated rings. The fourth-order valence-electron chi connectivity index (χ4n) is 2.07. The first-order valence-corrected chi connectivity index (χ1v) is 7.83. The van der Waals surface area contributed by atoms with Crippen molar-refractivity contribution in [3.8, 4) is 17.1 Å². The standard InChI is InChI=1S/C15H20BrN3O2/c1-4-17-10(2)5-8-14-18-15(19-21-14)11-6-7-13(20-3)12(16)9-11/h6-7,9-10,17H,4-5,8H2,1-3H3. The molecule has 0 aliphatic carbocycles. The molecule has 1 unspecified atom stereocenters. The quantitative estimate of drug-likeness (QED) is 0.825. The molecule has 0 saturated heterocycles. The summed E-state index contributed by atoms with van der Waals surface area (Å²) in [5.41, 5.74) is 0.900. The maximum atomic E-state index is 5.31. The average Bonchev–Trinajstić information content (AvgIpc) is 2.94. The van der Waals surface area contributed by atoms with E-state index in [1.807, 2.05) is 18.2 Å². The van der Waals surface area contributed by atoms with Gasteiger partial charge < -0.3 is 14.6 Å². The number of benzene rings is 1. The first-order valence-electron chi connectivity index (χ1n) is 7.04. The Morgan fingerprint density at radius 1 is 1.43 bits per heavy atom. The second-order valence-electron chi connectivity index (χ2n) is 4.86. The van der Waals surface area contributed by atoms with Crippen molar-refractivity contribution in [3.05, 3.63) is 28.6 Å². The maximum absolute atomic E-state index is 5.31. The lowest BCUT2D eigenvalue weighted by Crippen LogP contribution is -2.25. The first kappa shape index (κ1) is 16.0. The molecule has 5 nitrogen and oxygen atoms in total. The molecule has 0 bridgehead atoms. The molecule has 1 heterocycles. The van der Waals surface area contributed by atoms with Crippen LogP contribution in [0.5, 0.6) is 5.75 Å². The summed E-state index contributed by atoms with van der Waals surface area (Å²) in [5, 5.41) is 7.40. The van der Waals surface area contributed by atoms with E-state index in [1.165, 1.54) is 0 Å². The highest BCUT2D eigenvalue weighted by molar-refractivity contribution is 9.10. The number of hydrogen-bond donors (Lipinski definition) is 1. The molecule has 1 aromatic heterocycles. The molecular weight excluding hydrogens is 334 g/mol. The summed E-state index contributed by atoms with van der Waals surface area (Å²) in [7, 11) is 1.64. The molecule has 1 N–H and O–H groups in total. The molecule has 0 radical (unpaired) electrons. The predicted molar refractivity (Wildman–Crippen MR) is 85.4 cm³/mol. The van der Waals surface area contributed by atoms with Gasteiger partial charge in [0.05, 0.1) is 11.6 Å². The van der Waals surface area contributed by atoms with E-state index >= 15 is 0 Å². The Labute approximate surface area is 133 Å². The number of rotatable bonds is 7. The SMILES string of the molecule is CCNC(C)CCc1nc(-c2ccc(OC)c(Br)c2)no1. The molecule has 0 aliphatic heterocycles. The third-order valence-electron chi connectivity index (χ3n) is 3.22. The van der Waals surface area contributed by atoms with Crippen LogP contribution < -0.4 is 10.1 Å². The van der Waals surface area contributed by atoms with Crippen LogP contribution in [-0.4, -0.2) is 29.8 Å². The van der Waals surface area contributed by atoms with Crippen LogP contribution in [0.1, 0.15) is 26.2 Å². The smallest absolute Gasteiger partial charge is 0.227 e. The second kappa shape index (κ2) is 7.56. The number of hydrogen-bond acceptors (Lipinski definition) is 5. The molecule has 114 valence electrons. The lowest BCUT2D eigenvalue weighted by Gasteiger charge is -2.09. The number of halogens is 1. The van der Waals surface area contributed by atoms with Crippen molar-refractivity contribution in [2.75, 3.05) is 13.7 Å². The van der Waals surface area contributed by atoms with Gasteiger partial charge in [0.15, 0.2) is 0 Å². The van der Waals surface area contributed by atoms with Crippen LogP contribution in [0.15, 0.2) is 27.2 Å². The normalized spacial score (nSPS) is 12.4. The van der Waals surface area contributed by atoms with Crippen LogP contribution >= 0.6 is 15.9 Å². The van der Waals surface area contributed by atoms with Gasteiger partial charge in [-0.3, -0.25) is 0 Å². The van der Waals surface area contributed by atoms with Crippen LogP contribution in [0.4, 0.5) is 0 Å². The van der Waals surface area contributed by atoms with E-state index in [9.17, 15) is 0 Å². The van der Waals surface area contributed by atoms with Crippen molar-refractivity contribution in [3.63, 3.8) is 0 Å². The van der Waals surface area contributed by atoms with Crippen LogP contribution in [0.25, 0.3) is 11.4 Å². The maximum Gasteiger partial charge on any atom is 0.227 e. The minimum absolute atomic E-state index is 0.445. The van der Waals surface area contributed by atoms with Gasteiger partial charge in [-0.05, 0) is 54.0 Å². The Bertz CT molecular complexity index is 586. The predicted octanol–water partition coefficient (Wildman–Crippen LogP) is 3.44. The van der Waals surface area contributed by atoms with Crippen molar-refractivity contribution >= 4 is 15.9 Å². The summed E-state index contributed by atoms with van der Waals surface area (Å²) in [5.74, 6) is 2.05. The Kier molecular flexibility index (Phi) is 5.76. The summed E-state index contributed by atoms with van der Waals surface area (Å²) in [4.78, 5) is 4.44. The van der Waals surface area contributed by atoms with Gasteiger partial charge >= 0.3 is 0 Å². The largest absolute Gasteiger partial charge is 0.496 e. The summed E-state index contributed by atoms with van der Waals surface area (Å²) in [6, 6.07) is 6.16. The third kappa shape index (κ3) is 4.28. The lowest BCUT2D eigenvalue weighted by molar-refractivity contribution is 0.368. The van der Waals surface area contributed by atoms with Crippen LogP contribution in [0, 0.1) is 0 Å². The monoisotopic (exact) mass is 353 g/mol. The molecule has 0 spiro atoms. The van der Waals surface area contributed by atoms with Gasteiger partial charge in [0, 0.05) is 18.0 Å². The van der Waals surface area contributed by atoms with Crippen LogP contribution in [0.2, 0.25) is 0 Å². The summed E-state index contributed by atoms with van der Waals surface area (Å²) >= 11 is 3.46. The molecule has 1 aromatic carbocycles. The lowest BCUT2D eigenvalue weighted by atomic mass is 10.2. The van der Waals surface area contributed by atoms with E-state index in [1.54, 1.807) is 7.11 Å². The molecule has 2 rings (SSSR count). The first-order chi connectivity index (χ1) is 10.1. The summed E-state index contributed by atoms with van der Waals surface area (Å²) in [6.07, 6.45) is 1.75. The van der Waals surface area contributed by atoms with Gasteiger partial charge in [0.1, 0.15) is 5.75 Å². The molecule has 0 saturated carbocycles. The fourth-order valence-corrected chi connectivity index (χ4v) is 2.61. The molecule has 0 amide bonds. The molecule has 0 aliphatic rings. The van der Waals surface area contributed by atoms with Crippen LogP contribution in [-0.2, 0) is 6.42 Å². The van der Waals surface area contributed by atoms with E-state index in [0.717, 1.165) is 35.2 Å². The highest BCUT2D eigenvalue weighted by Gasteiger charge is 2.11. The van der Waals surface area contributed by atoms with Gasteiger partial charge in [0.25, 0.3) is 0 Å². The van der Waals surface area contributed by atoms with E-state index < -0.39 is 0 Å². The van der Waals surface area contributed by atoms with Crippen molar-refractivity contribution in [1.29, 1.82) is 0 Å². The van der Waals surface area contributed by atoms with Crippen molar-refractivity contribution in [2.45, 2.75) is 32.7 Å². The molecular formula is C15H20BrN3O2. The third-order valence-corrected chi connectivity index (χ3v) is 3.84. The van der Waals surface area contributed by atoms with E-state index in [0.29, 0.717) is 17.8 Å². The van der Waals surface area contributed by atoms with Gasteiger partial charge in [0.2, 0.25) is 11.7 Å². The Balaban J connectivity index is 2.04. The number of methoxy groups -OCH3 is 1. The molecule has 6 heteroatoms. The topological polar surface area (TPSA) is 60.2 Å².